The van der Waals surface area contributed by atoms with Crippen molar-refractivity contribution < 1.29 is 4.74 Å². The molecule has 0 aliphatic carbocycles. The van der Waals surface area contributed by atoms with Crippen LogP contribution in [-0.4, -0.2) is 16.4 Å². The molecule has 0 saturated carbocycles. The van der Waals surface area contributed by atoms with Crippen LogP contribution in [-0.2, 0) is 6.54 Å². The second-order valence-electron chi connectivity index (χ2n) is 6.05. The average molecular weight is 325 g/mol. The Kier molecular flexibility index (Phi) is 5.85. The summed E-state index contributed by atoms with van der Waals surface area (Å²) < 4.78 is 8.10. The van der Waals surface area contributed by atoms with Crippen molar-refractivity contribution in [1.82, 2.24) is 4.57 Å². The third kappa shape index (κ3) is 4.07. The number of nitrogens with zero attached hydrogens (tertiary/aromatic N) is 2. The summed E-state index contributed by atoms with van der Waals surface area (Å²) in [4.78, 5) is 4.84. The number of rotatable bonds is 7. The highest BCUT2D eigenvalue weighted by Gasteiger charge is 2.12. The summed E-state index contributed by atoms with van der Waals surface area (Å²) in [7, 11) is 0. The molecule has 1 aromatic heterocycles. The van der Waals surface area contributed by atoms with Gasteiger partial charge in [0.15, 0.2) is 0 Å². The van der Waals surface area contributed by atoms with Gasteiger partial charge in [0, 0.05) is 12.7 Å². The Labute approximate surface area is 144 Å². The topological polar surface area (TPSA) is 38.5 Å². The van der Waals surface area contributed by atoms with Crippen LogP contribution in [0.2, 0.25) is 0 Å². The monoisotopic (exact) mass is 325 g/mol. The van der Waals surface area contributed by atoms with Gasteiger partial charge in [0.25, 0.3) is 0 Å². The first kappa shape index (κ1) is 17.9. The zero-order valence-corrected chi connectivity index (χ0v) is 15.3. The number of aromatic nitrogens is 1. The summed E-state index contributed by atoms with van der Waals surface area (Å²) in [5, 5.41) is 3.18. The number of ether oxygens (including phenoxy) is 1. The Morgan fingerprint density at radius 1 is 1.38 bits per heavy atom. The number of hydrogen-bond donors (Lipinski definition) is 1. The van der Waals surface area contributed by atoms with Crippen LogP contribution in [0, 0.1) is 6.92 Å². The smallest absolute Gasteiger partial charge is 0.145 e. The standard InChI is InChI=1S/C20H27N3O/c1-7-21-18-11-12-23(8-2)20(18)16(6)22-17-10-9-15(5)13-19(17)24-14(3)4/h7,9-14,21H,1,8H2,2-6H3. The molecule has 0 aliphatic heterocycles. The molecule has 128 valence electrons. The molecule has 2 aromatic rings. The van der Waals surface area contributed by atoms with Crippen molar-refractivity contribution in [2.24, 2.45) is 4.99 Å². The Hall–Kier alpha value is -2.49. The molecule has 4 nitrogen and oxygen atoms in total. The average Bonchev–Trinajstić information content (AvgIpc) is 2.92. The van der Waals surface area contributed by atoms with Crippen LogP contribution in [0.1, 0.15) is 39.0 Å². The normalized spacial score (nSPS) is 11.7. The molecule has 0 spiro atoms. The second kappa shape index (κ2) is 7.86. The lowest BCUT2D eigenvalue weighted by molar-refractivity contribution is 0.243. The van der Waals surface area contributed by atoms with E-state index in [1.165, 1.54) is 0 Å². The molecular formula is C20H27N3O. The van der Waals surface area contributed by atoms with Crippen molar-refractivity contribution in [3.05, 3.63) is 54.5 Å². The molecule has 1 heterocycles. The van der Waals surface area contributed by atoms with E-state index in [1.807, 2.05) is 39.0 Å². The van der Waals surface area contributed by atoms with Gasteiger partial charge in [-0.2, -0.15) is 0 Å². The lowest BCUT2D eigenvalue weighted by Crippen LogP contribution is -2.08. The minimum Gasteiger partial charge on any atom is -0.489 e. The molecule has 0 amide bonds. The Morgan fingerprint density at radius 2 is 2.12 bits per heavy atom. The molecule has 0 saturated heterocycles. The van der Waals surface area contributed by atoms with E-state index in [0.717, 1.165) is 40.6 Å². The number of nitrogens with one attached hydrogen (secondary N) is 1. The number of aliphatic imine (C=N–C) groups is 1. The number of benzene rings is 1. The summed E-state index contributed by atoms with van der Waals surface area (Å²) in [5.74, 6) is 0.817. The molecular weight excluding hydrogens is 298 g/mol. The van der Waals surface area contributed by atoms with Gasteiger partial charge >= 0.3 is 0 Å². The predicted octanol–water partition coefficient (Wildman–Crippen LogP) is 5.30. The van der Waals surface area contributed by atoms with Gasteiger partial charge in [-0.25, -0.2) is 4.99 Å². The van der Waals surface area contributed by atoms with Crippen LogP contribution in [0.25, 0.3) is 0 Å². The third-order valence-electron chi connectivity index (χ3n) is 3.67. The van der Waals surface area contributed by atoms with Crippen LogP contribution >= 0.6 is 0 Å². The van der Waals surface area contributed by atoms with Gasteiger partial charge in [-0.05, 0) is 64.6 Å². The van der Waals surface area contributed by atoms with E-state index < -0.39 is 0 Å². The quantitative estimate of drug-likeness (QED) is 0.702. The lowest BCUT2D eigenvalue weighted by Gasteiger charge is -2.14. The van der Waals surface area contributed by atoms with Gasteiger partial charge in [0.1, 0.15) is 11.4 Å². The summed E-state index contributed by atoms with van der Waals surface area (Å²) >= 11 is 0. The maximum absolute atomic E-state index is 5.93. The number of anilines is 1. The number of hydrogen-bond acceptors (Lipinski definition) is 3. The van der Waals surface area contributed by atoms with E-state index in [-0.39, 0.29) is 6.10 Å². The fraction of sp³-hybridized carbons (Fsp3) is 0.350. The van der Waals surface area contributed by atoms with E-state index in [0.29, 0.717) is 0 Å². The maximum atomic E-state index is 5.93. The molecule has 0 bridgehead atoms. The fourth-order valence-electron chi connectivity index (χ4n) is 2.66. The zero-order valence-electron chi connectivity index (χ0n) is 15.3. The highest BCUT2D eigenvalue weighted by Crippen LogP contribution is 2.31. The van der Waals surface area contributed by atoms with Crippen molar-refractivity contribution in [3.63, 3.8) is 0 Å². The molecule has 0 atom stereocenters. The van der Waals surface area contributed by atoms with Gasteiger partial charge in [0.2, 0.25) is 0 Å². The second-order valence-corrected chi connectivity index (χ2v) is 6.05. The molecule has 1 N–H and O–H groups in total. The highest BCUT2D eigenvalue weighted by molar-refractivity contribution is 6.04. The summed E-state index contributed by atoms with van der Waals surface area (Å²) in [6.07, 6.45) is 3.85. The van der Waals surface area contributed by atoms with Crippen LogP contribution in [0.3, 0.4) is 0 Å². The van der Waals surface area contributed by atoms with Gasteiger partial charge < -0.3 is 14.6 Å². The van der Waals surface area contributed by atoms with Crippen molar-refractivity contribution in [2.45, 2.75) is 47.3 Å². The van der Waals surface area contributed by atoms with Crippen molar-refractivity contribution in [1.29, 1.82) is 0 Å². The summed E-state index contributed by atoms with van der Waals surface area (Å²) in [6, 6.07) is 8.14. The summed E-state index contributed by atoms with van der Waals surface area (Å²) in [6.45, 7) is 14.9. The molecule has 2 rings (SSSR count). The van der Waals surface area contributed by atoms with Gasteiger partial charge in [-0.15, -0.1) is 0 Å². The van der Waals surface area contributed by atoms with Gasteiger partial charge in [0.05, 0.1) is 23.2 Å². The Morgan fingerprint density at radius 3 is 2.75 bits per heavy atom. The van der Waals surface area contributed by atoms with E-state index >= 15 is 0 Å². The first-order valence-electron chi connectivity index (χ1n) is 8.35. The predicted molar refractivity (Wildman–Crippen MR) is 103 cm³/mol. The minimum atomic E-state index is 0.110. The molecule has 0 fully saturated rings. The minimum absolute atomic E-state index is 0.110. The van der Waals surface area contributed by atoms with E-state index in [4.69, 9.17) is 9.73 Å². The molecule has 0 unspecified atom stereocenters. The SMILES string of the molecule is C=CNc1ccn(CC)c1C(C)=Nc1ccc(C)cc1OC(C)C. The van der Waals surface area contributed by atoms with Crippen molar-refractivity contribution in [3.8, 4) is 5.75 Å². The van der Waals surface area contributed by atoms with Gasteiger partial charge in [-0.3, -0.25) is 0 Å². The van der Waals surface area contributed by atoms with Crippen molar-refractivity contribution in [2.75, 3.05) is 5.32 Å². The zero-order chi connectivity index (χ0) is 17.7. The lowest BCUT2D eigenvalue weighted by atomic mass is 10.2. The van der Waals surface area contributed by atoms with Crippen molar-refractivity contribution >= 4 is 17.1 Å². The van der Waals surface area contributed by atoms with Crippen LogP contribution in [0.5, 0.6) is 5.75 Å². The van der Waals surface area contributed by atoms with Crippen LogP contribution in [0.15, 0.2) is 48.2 Å². The highest BCUT2D eigenvalue weighted by atomic mass is 16.5. The molecule has 24 heavy (non-hydrogen) atoms. The van der Waals surface area contributed by atoms with E-state index in [9.17, 15) is 0 Å². The fourth-order valence-corrected chi connectivity index (χ4v) is 2.66. The third-order valence-corrected chi connectivity index (χ3v) is 3.67. The van der Waals surface area contributed by atoms with Crippen LogP contribution < -0.4 is 10.1 Å². The van der Waals surface area contributed by atoms with Gasteiger partial charge in [-0.1, -0.05) is 12.6 Å². The molecule has 1 aromatic carbocycles. The Bertz CT molecular complexity index is 741. The Balaban J connectivity index is 2.48. The first-order chi connectivity index (χ1) is 11.5. The largest absolute Gasteiger partial charge is 0.489 e. The first-order valence-corrected chi connectivity index (χ1v) is 8.35. The molecule has 0 aliphatic rings. The summed E-state index contributed by atoms with van der Waals surface area (Å²) in [5.41, 5.74) is 5.01. The number of aryl methyl sites for hydroxylation is 2. The van der Waals surface area contributed by atoms with E-state index in [1.54, 1.807) is 6.20 Å². The maximum Gasteiger partial charge on any atom is 0.145 e. The molecule has 0 radical (unpaired) electrons. The van der Waals surface area contributed by atoms with Crippen LogP contribution in [0.4, 0.5) is 11.4 Å². The van der Waals surface area contributed by atoms with E-state index in [2.05, 4.69) is 42.6 Å². The molecule has 4 heteroatoms.